The third-order valence-corrected chi connectivity index (χ3v) is 6.06. The highest BCUT2D eigenvalue weighted by atomic mass is 79.9. The summed E-state index contributed by atoms with van der Waals surface area (Å²) in [6.45, 7) is 12.2. The summed E-state index contributed by atoms with van der Waals surface area (Å²) >= 11 is 3.24. The number of benzene rings is 1. The smallest absolute Gasteiger partial charge is 0.339 e. The molecule has 0 fully saturated rings. The summed E-state index contributed by atoms with van der Waals surface area (Å²) in [5, 5.41) is 0. The van der Waals surface area contributed by atoms with Gasteiger partial charge in [-0.05, 0) is 59.8 Å². The maximum atomic E-state index is 12.5. The second-order valence-electron chi connectivity index (χ2n) is 8.08. The first-order chi connectivity index (χ1) is 13.3. The van der Waals surface area contributed by atoms with Crippen molar-refractivity contribution in [2.45, 2.75) is 52.5 Å². The zero-order valence-corrected chi connectivity index (χ0v) is 20.3. The number of hydrogen-bond acceptors (Lipinski definition) is 5. The van der Waals surface area contributed by atoms with Gasteiger partial charge in [-0.15, -0.1) is 0 Å². The number of nitrogens with one attached hydrogen (secondary N) is 1. The molecular formula is C20H31BrN2O5S. The highest BCUT2D eigenvalue weighted by molar-refractivity contribution is 9.10. The van der Waals surface area contributed by atoms with E-state index in [1.165, 1.54) is 18.2 Å². The molecule has 0 aromatic heterocycles. The number of amides is 1. The molecule has 0 aliphatic rings. The van der Waals surface area contributed by atoms with Crippen LogP contribution >= 0.6 is 15.9 Å². The molecule has 0 aliphatic heterocycles. The number of carbonyl (C=O) groups is 2. The van der Waals surface area contributed by atoms with Crippen molar-refractivity contribution in [2.24, 2.45) is 11.8 Å². The van der Waals surface area contributed by atoms with Gasteiger partial charge in [0.1, 0.15) is 0 Å². The Labute approximate surface area is 182 Å². The van der Waals surface area contributed by atoms with Crippen LogP contribution in [0.25, 0.3) is 0 Å². The molecular weight excluding hydrogens is 460 g/mol. The molecule has 0 bridgehead atoms. The summed E-state index contributed by atoms with van der Waals surface area (Å²) in [6, 6.07) is 3.81. The van der Waals surface area contributed by atoms with Gasteiger partial charge >= 0.3 is 5.97 Å². The molecule has 9 heteroatoms. The molecule has 1 rings (SSSR count). The molecule has 0 spiro atoms. The van der Waals surface area contributed by atoms with Crippen LogP contribution in [0.4, 0.5) is 0 Å². The first-order valence-corrected chi connectivity index (χ1v) is 11.9. The number of esters is 1. The fourth-order valence-corrected chi connectivity index (χ4v) is 4.35. The lowest BCUT2D eigenvalue weighted by Gasteiger charge is -2.26. The van der Waals surface area contributed by atoms with E-state index < -0.39 is 22.6 Å². The third kappa shape index (κ3) is 8.44. The second kappa shape index (κ2) is 11.1. The zero-order valence-electron chi connectivity index (χ0n) is 17.9. The van der Waals surface area contributed by atoms with E-state index in [1.807, 2.05) is 27.7 Å². The summed E-state index contributed by atoms with van der Waals surface area (Å²) < 4.78 is 32.7. The average Bonchev–Trinajstić information content (AvgIpc) is 2.57. The zero-order chi connectivity index (χ0) is 22.4. The van der Waals surface area contributed by atoms with Crippen LogP contribution in [0.3, 0.4) is 0 Å². The molecule has 29 heavy (non-hydrogen) atoms. The number of ether oxygens (including phenoxy) is 1. The van der Waals surface area contributed by atoms with E-state index in [4.69, 9.17) is 4.74 Å². The van der Waals surface area contributed by atoms with E-state index in [0.29, 0.717) is 17.6 Å². The van der Waals surface area contributed by atoms with Gasteiger partial charge in [0.2, 0.25) is 10.0 Å². The van der Waals surface area contributed by atoms with Gasteiger partial charge in [0.25, 0.3) is 5.91 Å². The minimum Gasteiger partial charge on any atom is -0.452 e. The van der Waals surface area contributed by atoms with Gasteiger partial charge in [-0.2, -0.15) is 0 Å². The van der Waals surface area contributed by atoms with Gasteiger partial charge in [0, 0.05) is 23.6 Å². The van der Waals surface area contributed by atoms with Crippen LogP contribution < -0.4 is 4.72 Å². The van der Waals surface area contributed by atoms with Gasteiger partial charge in [-0.25, -0.2) is 17.9 Å². The number of carbonyl (C=O) groups excluding carboxylic acids is 2. The van der Waals surface area contributed by atoms with Gasteiger partial charge < -0.3 is 9.64 Å². The molecule has 7 nitrogen and oxygen atoms in total. The lowest BCUT2D eigenvalue weighted by atomic mass is 10.1. The predicted molar refractivity (Wildman–Crippen MR) is 116 cm³/mol. The Morgan fingerprint density at radius 3 is 2.10 bits per heavy atom. The Hall–Kier alpha value is -1.45. The largest absolute Gasteiger partial charge is 0.452 e. The number of sulfonamides is 1. The molecule has 1 amide bonds. The number of halogens is 1. The molecule has 1 N–H and O–H groups in total. The molecule has 0 saturated carbocycles. The molecule has 0 radical (unpaired) electrons. The maximum Gasteiger partial charge on any atom is 0.339 e. The molecule has 1 aromatic rings. The molecule has 0 unspecified atom stereocenters. The number of nitrogens with zero attached hydrogens (tertiary/aromatic N) is 1. The number of hydrogen-bond donors (Lipinski definition) is 1. The van der Waals surface area contributed by atoms with Crippen molar-refractivity contribution >= 4 is 37.8 Å². The fraction of sp³-hybridized carbons (Fsp3) is 0.600. The van der Waals surface area contributed by atoms with Crippen LogP contribution in [0.5, 0.6) is 0 Å². The van der Waals surface area contributed by atoms with Crippen molar-refractivity contribution in [1.29, 1.82) is 0 Å². The van der Waals surface area contributed by atoms with Crippen molar-refractivity contribution in [3.05, 3.63) is 28.2 Å². The summed E-state index contributed by atoms with van der Waals surface area (Å²) in [5.41, 5.74) is 0.0451. The molecule has 0 atom stereocenters. The van der Waals surface area contributed by atoms with E-state index in [-0.39, 0.29) is 34.2 Å². The van der Waals surface area contributed by atoms with Crippen molar-refractivity contribution in [3.63, 3.8) is 0 Å². The highest BCUT2D eigenvalue weighted by Crippen LogP contribution is 2.22. The van der Waals surface area contributed by atoms with Crippen LogP contribution in [-0.4, -0.2) is 50.9 Å². The van der Waals surface area contributed by atoms with Crippen molar-refractivity contribution < 1.29 is 22.7 Å². The first kappa shape index (κ1) is 25.6. The fourth-order valence-electron chi connectivity index (χ4n) is 2.66. The summed E-state index contributed by atoms with van der Waals surface area (Å²) in [6.07, 6.45) is 0. The minimum absolute atomic E-state index is 0.0451. The Kier molecular flexibility index (Phi) is 9.78. The molecule has 0 aliphatic carbocycles. The topological polar surface area (TPSA) is 92.8 Å². The molecule has 1 aromatic carbocycles. The van der Waals surface area contributed by atoms with Crippen LogP contribution in [-0.2, 0) is 19.6 Å². The van der Waals surface area contributed by atoms with Crippen LogP contribution in [0.2, 0.25) is 0 Å². The van der Waals surface area contributed by atoms with Crippen LogP contribution in [0.15, 0.2) is 27.6 Å². The number of rotatable bonds is 10. The van der Waals surface area contributed by atoms with Crippen LogP contribution in [0, 0.1) is 11.8 Å². The monoisotopic (exact) mass is 490 g/mol. The second-order valence-corrected chi connectivity index (χ2v) is 10.6. The normalized spacial score (nSPS) is 11.9. The minimum atomic E-state index is -3.76. The lowest BCUT2D eigenvalue weighted by molar-refractivity contribution is -0.135. The average molecular weight is 491 g/mol. The van der Waals surface area contributed by atoms with Crippen LogP contribution in [0.1, 0.15) is 51.9 Å². The van der Waals surface area contributed by atoms with Gasteiger partial charge in [-0.1, -0.05) is 27.7 Å². The summed E-state index contributed by atoms with van der Waals surface area (Å²) in [5.74, 6) is -0.459. The predicted octanol–water partition coefficient (Wildman–Crippen LogP) is 3.43. The van der Waals surface area contributed by atoms with Crippen molar-refractivity contribution in [1.82, 2.24) is 9.62 Å². The quantitative estimate of drug-likeness (QED) is 0.507. The maximum absolute atomic E-state index is 12.5. The van der Waals surface area contributed by atoms with Crippen molar-refractivity contribution in [3.8, 4) is 0 Å². The Balaban J connectivity index is 2.93. The van der Waals surface area contributed by atoms with Gasteiger partial charge in [-0.3, -0.25) is 4.79 Å². The SMILES string of the molecule is CC(C)CN(CC(C)C)C(=O)COC(=O)c1cc(S(=O)(=O)NC(C)C)ccc1Br. The van der Waals surface area contributed by atoms with E-state index >= 15 is 0 Å². The Bertz CT molecular complexity index is 812. The summed E-state index contributed by atoms with van der Waals surface area (Å²) in [7, 11) is -3.76. The Morgan fingerprint density at radius 1 is 1.07 bits per heavy atom. The lowest BCUT2D eigenvalue weighted by Crippen LogP contribution is -2.39. The highest BCUT2D eigenvalue weighted by Gasteiger charge is 2.22. The molecule has 0 heterocycles. The molecule has 164 valence electrons. The van der Waals surface area contributed by atoms with Gasteiger partial charge in [0.05, 0.1) is 10.5 Å². The van der Waals surface area contributed by atoms with E-state index in [0.717, 1.165) is 0 Å². The van der Waals surface area contributed by atoms with E-state index in [2.05, 4.69) is 20.7 Å². The van der Waals surface area contributed by atoms with Gasteiger partial charge in [0.15, 0.2) is 6.61 Å². The van der Waals surface area contributed by atoms with E-state index in [1.54, 1.807) is 18.7 Å². The molecule has 0 saturated heterocycles. The standard InChI is InChI=1S/C20H31BrN2O5S/c1-13(2)10-23(11-14(3)4)19(24)12-28-20(25)17-9-16(7-8-18(17)21)29(26,27)22-15(5)6/h7-9,13-15,22H,10-12H2,1-6H3. The summed E-state index contributed by atoms with van der Waals surface area (Å²) in [4.78, 5) is 26.7. The van der Waals surface area contributed by atoms with E-state index in [9.17, 15) is 18.0 Å². The Morgan fingerprint density at radius 2 is 1.62 bits per heavy atom. The van der Waals surface area contributed by atoms with Crippen molar-refractivity contribution in [2.75, 3.05) is 19.7 Å². The first-order valence-electron chi connectivity index (χ1n) is 9.60. The third-order valence-electron chi connectivity index (χ3n) is 3.71.